The van der Waals surface area contributed by atoms with Gasteiger partial charge in [0.25, 0.3) is 0 Å². The van der Waals surface area contributed by atoms with Crippen LogP contribution in [0.4, 0.5) is 0 Å². The Labute approximate surface area is 101 Å². The maximum atomic E-state index is 9.23. The molecule has 2 rings (SSSR count). The van der Waals surface area contributed by atoms with Crippen molar-refractivity contribution in [3.05, 3.63) is 10.6 Å². The Morgan fingerprint density at radius 2 is 2.19 bits per heavy atom. The van der Waals surface area contributed by atoms with Crippen LogP contribution in [0.15, 0.2) is 0 Å². The largest absolute Gasteiger partial charge is 0.388 e. The molecule has 3 unspecified atom stereocenters. The summed E-state index contributed by atoms with van der Waals surface area (Å²) in [5, 5.41) is 16.0. The number of nitrogens with zero attached hydrogens (tertiary/aromatic N) is 2. The molecule has 2 N–H and O–H groups in total. The molecule has 3 atom stereocenters. The molecule has 1 saturated carbocycles. The lowest BCUT2D eigenvalue weighted by atomic mass is 9.79. The molecule has 1 aliphatic rings. The normalized spacial score (nSPS) is 30.6. The number of hydrogen-bond donors (Lipinski definition) is 2. The Kier molecular flexibility index (Phi) is 3.44. The maximum absolute atomic E-state index is 9.23. The van der Waals surface area contributed by atoms with Gasteiger partial charge < -0.3 is 5.11 Å². The third-order valence-corrected chi connectivity index (χ3v) is 4.14. The van der Waals surface area contributed by atoms with Gasteiger partial charge in [-0.1, -0.05) is 13.8 Å². The second-order valence-electron chi connectivity index (χ2n) is 4.89. The Bertz CT molecular complexity index is 412. The van der Waals surface area contributed by atoms with Crippen LogP contribution in [0.2, 0.25) is 0 Å². The van der Waals surface area contributed by atoms with Gasteiger partial charge in [0.2, 0.25) is 0 Å². The van der Waals surface area contributed by atoms with Gasteiger partial charge in [0.15, 0.2) is 10.6 Å². The first-order valence-electron chi connectivity index (χ1n) is 5.90. The van der Waals surface area contributed by atoms with Crippen molar-refractivity contribution >= 4 is 12.2 Å². The first-order chi connectivity index (χ1) is 7.63. The zero-order valence-electron chi connectivity index (χ0n) is 9.81. The van der Waals surface area contributed by atoms with E-state index >= 15 is 0 Å². The van der Waals surface area contributed by atoms with Gasteiger partial charge in [-0.2, -0.15) is 5.10 Å². The number of aromatic nitrogens is 3. The summed E-state index contributed by atoms with van der Waals surface area (Å²) in [6.07, 6.45) is 3.48. The molecule has 5 heteroatoms. The lowest BCUT2D eigenvalue weighted by Gasteiger charge is -2.33. The first kappa shape index (κ1) is 11.8. The van der Waals surface area contributed by atoms with Crippen LogP contribution in [-0.2, 0) is 6.61 Å². The standard InChI is InChI=1S/C11H19N3OS/c1-7-3-4-9(5-8(7)2)14-10(6-15)12-13-11(14)16/h7-9,15H,3-6H2,1-2H3,(H,13,16). The minimum absolute atomic E-state index is 0.0480. The average Bonchev–Trinajstić information content (AvgIpc) is 2.64. The van der Waals surface area contributed by atoms with E-state index in [0.717, 1.165) is 18.8 Å². The third kappa shape index (κ3) is 2.06. The predicted octanol–water partition coefficient (Wildman–Crippen LogP) is 2.43. The highest BCUT2D eigenvalue weighted by molar-refractivity contribution is 7.71. The monoisotopic (exact) mass is 241 g/mol. The molecular formula is C11H19N3OS. The molecule has 0 radical (unpaired) electrons. The summed E-state index contributed by atoms with van der Waals surface area (Å²) in [7, 11) is 0. The van der Waals surface area contributed by atoms with E-state index in [4.69, 9.17) is 12.2 Å². The molecule has 1 aliphatic carbocycles. The summed E-state index contributed by atoms with van der Waals surface area (Å²) in [5.41, 5.74) is 0. The molecule has 0 saturated heterocycles. The van der Waals surface area contributed by atoms with Crippen LogP contribution < -0.4 is 0 Å². The van der Waals surface area contributed by atoms with Crippen molar-refractivity contribution in [2.24, 2.45) is 11.8 Å². The van der Waals surface area contributed by atoms with Crippen molar-refractivity contribution in [1.29, 1.82) is 0 Å². The van der Waals surface area contributed by atoms with Crippen molar-refractivity contribution in [2.45, 2.75) is 45.8 Å². The number of aromatic amines is 1. The Morgan fingerprint density at radius 3 is 2.81 bits per heavy atom. The van der Waals surface area contributed by atoms with Gasteiger partial charge >= 0.3 is 0 Å². The van der Waals surface area contributed by atoms with Gasteiger partial charge in [0, 0.05) is 6.04 Å². The van der Waals surface area contributed by atoms with Crippen LogP contribution in [0.3, 0.4) is 0 Å². The molecule has 0 amide bonds. The second-order valence-corrected chi connectivity index (χ2v) is 5.28. The van der Waals surface area contributed by atoms with Crippen molar-refractivity contribution in [3.8, 4) is 0 Å². The van der Waals surface area contributed by atoms with E-state index < -0.39 is 0 Å². The summed E-state index contributed by atoms with van der Waals surface area (Å²) in [4.78, 5) is 0. The topological polar surface area (TPSA) is 53.8 Å². The van der Waals surface area contributed by atoms with Crippen LogP contribution in [0.5, 0.6) is 0 Å². The zero-order chi connectivity index (χ0) is 11.7. The Hall–Kier alpha value is -0.680. The fourth-order valence-electron chi connectivity index (χ4n) is 2.58. The quantitative estimate of drug-likeness (QED) is 0.782. The minimum atomic E-state index is -0.0480. The number of nitrogens with one attached hydrogen (secondary N) is 1. The highest BCUT2D eigenvalue weighted by Crippen LogP contribution is 2.36. The predicted molar refractivity (Wildman–Crippen MR) is 64.6 cm³/mol. The molecular weight excluding hydrogens is 222 g/mol. The van der Waals surface area contributed by atoms with Gasteiger partial charge in [-0.15, -0.1) is 0 Å². The molecule has 16 heavy (non-hydrogen) atoms. The highest BCUT2D eigenvalue weighted by atomic mass is 32.1. The van der Waals surface area contributed by atoms with Crippen molar-refractivity contribution in [2.75, 3.05) is 0 Å². The number of aliphatic hydroxyl groups excluding tert-OH is 1. The van der Waals surface area contributed by atoms with Crippen molar-refractivity contribution in [1.82, 2.24) is 14.8 Å². The Morgan fingerprint density at radius 1 is 1.44 bits per heavy atom. The third-order valence-electron chi connectivity index (χ3n) is 3.85. The molecule has 0 bridgehead atoms. The Balaban J connectivity index is 2.24. The van der Waals surface area contributed by atoms with Crippen molar-refractivity contribution in [3.63, 3.8) is 0 Å². The van der Waals surface area contributed by atoms with Crippen LogP contribution in [-0.4, -0.2) is 19.9 Å². The maximum Gasteiger partial charge on any atom is 0.195 e. The van der Waals surface area contributed by atoms with E-state index in [1.54, 1.807) is 0 Å². The number of aliphatic hydroxyl groups is 1. The zero-order valence-corrected chi connectivity index (χ0v) is 10.6. The number of hydrogen-bond acceptors (Lipinski definition) is 3. The SMILES string of the molecule is CC1CCC(n2c(CO)n[nH]c2=S)CC1C. The van der Waals surface area contributed by atoms with E-state index in [1.807, 2.05) is 4.57 Å². The van der Waals surface area contributed by atoms with Gasteiger partial charge in [-0.25, -0.2) is 0 Å². The van der Waals surface area contributed by atoms with E-state index in [9.17, 15) is 5.11 Å². The molecule has 0 aliphatic heterocycles. The van der Waals surface area contributed by atoms with E-state index in [0.29, 0.717) is 22.6 Å². The number of rotatable bonds is 2. The van der Waals surface area contributed by atoms with Gasteiger partial charge in [0.1, 0.15) is 6.61 Å². The van der Waals surface area contributed by atoms with Crippen LogP contribution in [0, 0.1) is 16.6 Å². The second kappa shape index (κ2) is 4.67. The summed E-state index contributed by atoms with van der Waals surface area (Å²) >= 11 is 5.22. The van der Waals surface area contributed by atoms with Crippen LogP contribution >= 0.6 is 12.2 Å². The van der Waals surface area contributed by atoms with Gasteiger partial charge in [0.05, 0.1) is 0 Å². The molecule has 0 aromatic carbocycles. The van der Waals surface area contributed by atoms with Gasteiger partial charge in [-0.05, 0) is 43.3 Å². The molecule has 1 heterocycles. The molecule has 1 aromatic heterocycles. The van der Waals surface area contributed by atoms with E-state index in [-0.39, 0.29) is 6.61 Å². The fourth-order valence-corrected chi connectivity index (χ4v) is 2.88. The van der Waals surface area contributed by atoms with Crippen molar-refractivity contribution < 1.29 is 5.11 Å². The van der Waals surface area contributed by atoms with Crippen LogP contribution in [0.1, 0.15) is 45.0 Å². The molecule has 1 fully saturated rings. The highest BCUT2D eigenvalue weighted by Gasteiger charge is 2.27. The van der Waals surface area contributed by atoms with E-state index in [1.165, 1.54) is 6.42 Å². The summed E-state index contributed by atoms with van der Waals surface area (Å²) in [6, 6.07) is 0.402. The smallest absolute Gasteiger partial charge is 0.195 e. The molecule has 90 valence electrons. The average molecular weight is 241 g/mol. The first-order valence-corrected chi connectivity index (χ1v) is 6.31. The van der Waals surface area contributed by atoms with E-state index in [2.05, 4.69) is 24.0 Å². The number of H-pyrrole nitrogens is 1. The molecule has 4 nitrogen and oxygen atoms in total. The summed E-state index contributed by atoms with van der Waals surface area (Å²) in [5.74, 6) is 2.16. The minimum Gasteiger partial charge on any atom is -0.388 e. The fraction of sp³-hybridized carbons (Fsp3) is 0.818. The lowest BCUT2D eigenvalue weighted by Crippen LogP contribution is -2.24. The summed E-state index contributed by atoms with van der Waals surface area (Å²) < 4.78 is 2.63. The summed E-state index contributed by atoms with van der Waals surface area (Å²) in [6.45, 7) is 4.55. The molecule has 0 spiro atoms. The van der Waals surface area contributed by atoms with Gasteiger partial charge in [-0.3, -0.25) is 9.67 Å². The molecule has 1 aromatic rings. The van der Waals surface area contributed by atoms with Crippen LogP contribution in [0.25, 0.3) is 0 Å². The lowest BCUT2D eigenvalue weighted by molar-refractivity contribution is 0.195.